The Balaban J connectivity index is 2.94. The minimum absolute atomic E-state index is 0.678. The lowest BCUT2D eigenvalue weighted by Crippen LogP contribution is -1.76. The highest BCUT2D eigenvalue weighted by Crippen LogP contribution is 2.19. The van der Waals surface area contributed by atoms with Gasteiger partial charge in [0, 0.05) is 0 Å². The van der Waals surface area contributed by atoms with Crippen LogP contribution in [-0.4, -0.2) is 4.98 Å². The van der Waals surface area contributed by atoms with Crippen LogP contribution < -0.4 is 5.73 Å². The molecule has 0 saturated heterocycles. The molecular formula is C5H5ClN2S. The molecule has 0 spiro atoms. The Hall–Kier alpha value is -0.540. The minimum Gasteiger partial charge on any atom is -0.405 e. The SMILES string of the molecule is N/C=C/c1ncsc1Cl. The molecule has 1 aromatic heterocycles. The van der Waals surface area contributed by atoms with Gasteiger partial charge in [0.2, 0.25) is 0 Å². The highest BCUT2D eigenvalue weighted by molar-refractivity contribution is 7.14. The average Bonchev–Trinajstić information content (AvgIpc) is 2.18. The van der Waals surface area contributed by atoms with Crippen molar-refractivity contribution in [3.8, 4) is 0 Å². The molecule has 0 unspecified atom stereocenters. The fourth-order valence-electron chi connectivity index (χ4n) is 0.440. The molecule has 0 radical (unpaired) electrons. The molecule has 0 saturated carbocycles. The summed E-state index contributed by atoms with van der Waals surface area (Å²) in [5.74, 6) is 0. The second-order valence-corrected chi connectivity index (χ2v) is 2.83. The van der Waals surface area contributed by atoms with E-state index in [4.69, 9.17) is 17.3 Å². The van der Waals surface area contributed by atoms with Gasteiger partial charge in [-0.2, -0.15) is 0 Å². The molecular weight excluding hydrogens is 156 g/mol. The molecule has 0 aliphatic carbocycles. The van der Waals surface area contributed by atoms with Crippen LogP contribution in [0.1, 0.15) is 5.69 Å². The molecule has 0 aliphatic rings. The Morgan fingerprint density at radius 2 is 2.56 bits per heavy atom. The zero-order chi connectivity index (χ0) is 6.69. The second kappa shape index (κ2) is 2.85. The highest BCUT2D eigenvalue weighted by Gasteiger charge is 1.95. The fraction of sp³-hybridized carbons (Fsp3) is 0. The second-order valence-electron chi connectivity index (χ2n) is 1.37. The molecule has 1 aromatic rings. The maximum Gasteiger partial charge on any atom is 0.120 e. The van der Waals surface area contributed by atoms with Gasteiger partial charge in [-0.1, -0.05) is 11.6 Å². The van der Waals surface area contributed by atoms with Gasteiger partial charge >= 0.3 is 0 Å². The van der Waals surface area contributed by atoms with Crippen molar-refractivity contribution in [3.63, 3.8) is 0 Å². The number of hydrogen-bond donors (Lipinski definition) is 1. The number of halogens is 1. The number of hydrogen-bond acceptors (Lipinski definition) is 3. The monoisotopic (exact) mass is 160 g/mol. The highest BCUT2D eigenvalue weighted by atomic mass is 35.5. The average molecular weight is 161 g/mol. The van der Waals surface area contributed by atoms with Crippen molar-refractivity contribution in [1.29, 1.82) is 0 Å². The molecule has 1 heterocycles. The van der Waals surface area contributed by atoms with E-state index in [0.717, 1.165) is 5.69 Å². The van der Waals surface area contributed by atoms with Gasteiger partial charge in [0.05, 0.1) is 11.2 Å². The van der Waals surface area contributed by atoms with Crippen LogP contribution in [0.5, 0.6) is 0 Å². The van der Waals surface area contributed by atoms with Crippen molar-refractivity contribution < 1.29 is 0 Å². The third-order valence-corrected chi connectivity index (χ3v) is 1.89. The third kappa shape index (κ3) is 1.43. The van der Waals surface area contributed by atoms with E-state index in [1.807, 2.05) is 0 Å². The van der Waals surface area contributed by atoms with Crippen LogP contribution in [0.3, 0.4) is 0 Å². The molecule has 4 heteroatoms. The van der Waals surface area contributed by atoms with Crippen molar-refractivity contribution >= 4 is 29.0 Å². The Morgan fingerprint density at radius 1 is 1.78 bits per heavy atom. The van der Waals surface area contributed by atoms with Crippen LogP contribution in [0.2, 0.25) is 4.34 Å². The maximum absolute atomic E-state index is 5.67. The van der Waals surface area contributed by atoms with E-state index < -0.39 is 0 Å². The first-order chi connectivity index (χ1) is 4.34. The summed E-state index contributed by atoms with van der Waals surface area (Å²) in [5.41, 5.74) is 7.53. The smallest absolute Gasteiger partial charge is 0.120 e. The first-order valence-electron chi connectivity index (χ1n) is 2.32. The zero-order valence-corrected chi connectivity index (χ0v) is 6.12. The molecule has 48 valence electrons. The van der Waals surface area contributed by atoms with Crippen molar-refractivity contribution in [3.05, 3.63) is 21.7 Å². The summed E-state index contributed by atoms with van der Waals surface area (Å²) in [7, 11) is 0. The van der Waals surface area contributed by atoms with Crippen LogP contribution >= 0.6 is 22.9 Å². The first-order valence-corrected chi connectivity index (χ1v) is 3.57. The van der Waals surface area contributed by atoms with E-state index >= 15 is 0 Å². The molecule has 0 fully saturated rings. The lowest BCUT2D eigenvalue weighted by Gasteiger charge is -1.80. The van der Waals surface area contributed by atoms with E-state index in [1.165, 1.54) is 17.5 Å². The summed E-state index contributed by atoms with van der Waals surface area (Å²) in [6.45, 7) is 0. The third-order valence-electron chi connectivity index (χ3n) is 0.803. The molecule has 2 nitrogen and oxygen atoms in total. The number of nitrogens with two attached hydrogens (primary N) is 1. The normalized spacial score (nSPS) is 10.8. The van der Waals surface area contributed by atoms with Crippen LogP contribution in [0.4, 0.5) is 0 Å². The van der Waals surface area contributed by atoms with Crippen LogP contribution in [-0.2, 0) is 0 Å². The van der Waals surface area contributed by atoms with Crippen LogP contribution in [0.15, 0.2) is 11.7 Å². The number of rotatable bonds is 1. The van der Waals surface area contributed by atoms with E-state index in [1.54, 1.807) is 11.6 Å². The van der Waals surface area contributed by atoms with Gasteiger partial charge in [-0.15, -0.1) is 11.3 Å². The molecule has 0 aromatic carbocycles. The van der Waals surface area contributed by atoms with Crippen molar-refractivity contribution in [2.45, 2.75) is 0 Å². The molecule has 0 aliphatic heterocycles. The standard InChI is InChI=1S/C5H5ClN2S/c6-5-4(1-2-7)8-3-9-5/h1-3H,7H2/b2-1+. The lowest BCUT2D eigenvalue weighted by molar-refractivity contribution is 1.38. The van der Waals surface area contributed by atoms with Gasteiger partial charge < -0.3 is 5.73 Å². The first kappa shape index (κ1) is 6.58. The van der Waals surface area contributed by atoms with E-state index in [2.05, 4.69) is 4.98 Å². The quantitative estimate of drug-likeness (QED) is 0.680. The fourth-order valence-corrected chi connectivity index (χ4v) is 1.17. The molecule has 2 N–H and O–H groups in total. The van der Waals surface area contributed by atoms with Crippen molar-refractivity contribution in [2.24, 2.45) is 5.73 Å². The predicted molar refractivity (Wildman–Crippen MR) is 40.3 cm³/mol. The lowest BCUT2D eigenvalue weighted by atomic mass is 10.5. The van der Waals surface area contributed by atoms with Gasteiger partial charge in [0.15, 0.2) is 0 Å². The predicted octanol–water partition coefficient (Wildman–Crippen LogP) is 1.73. The Labute approximate surface area is 62.0 Å². The van der Waals surface area contributed by atoms with Crippen molar-refractivity contribution in [1.82, 2.24) is 4.98 Å². The summed E-state index contributed by atoms with van der Waals surface area (Å²) in [5, 5.41) is 0. The van der Waals surface area contributed by atoms with Crippen molar-refractivity contribution in [2.75, 3.05) is 0 Å². The number of nitrogens with zero attached hydrogens (tertiary/aromatic N) is 1. The summed E-state index contributed by atoms with van der Waals surface area (Å²) >= 11 is 7.06. The van der Waals surface area contributed by atoms with Gasteiger partial charge in [-0.05, 0) is 12.3 Å². The number of thiazole rings is 1. The van der Waals surface area contributed by atoms with Gasteiger partial charge in [0.25, 0.3) is 0 Å². The van der Waals surface area contributed by atoms with Crippen LogP contribution in [0.25, 0.3) is 6.08 Å². The maximum atomic E-state index is 5.67. The molecule has 0 amide bonds. The van der Waals surface area contributed by atoms with Crippen LogP contribution in [0, 0.1) is 0 Å². The Morgan fingerprint density at radius 3 is 3.00 bits per heavy atom. The molecule has 0 atom stereocenters. The minimum atomic E-state index is 0.678. The summed E-state index contributed by atoms with van der Waals surface area (Å²) in [4.78, 5) is 3.93. The Bertz CT molecular complexity index is 218. The van der Waals surface area contributed by atoms with Gasteiger partial charge in [0.1, 0.15) is 4.34 Å². The van der Waals surface area contributed by atoms with E-state index in [0.29, 0.717) is 4.34 Å². The summed E-state index contributed by atoms with van der Waals surface area (Å²) < 4.78 is 0.678. The zero-order valence-electron chi connectivity index (χ0n) is 4.54. The largest absolute Gasteiger partial charge is 0.405 e. The van der Waals surface area contributed by atoms with E-state index in [-0.39, 0.29) is 0 Å². The number of aromatic nitrogens is 1. The molecule has 0 bridgehead atoms. The van der Waals surface area contributed by atoms with Gasteiger partial charge in [-0.25, -0.2) is 4.98 Å². The van der Waals surface area contributed by atoms with E-state index in [9.17, 15) is 0 Å². The Kier molecular flexibility index (Phi) is 2.08. The molecule has 9 heavy (non-hydrogen) atoms. The van der Waals surface area contributed by atoms with Gasteiger partial charge in [-0.3, -0.25) is 0 Å². The summed E-state index contributed by atoms with van der Waals surface area (Å²) in [6, 6.07) is 0. The summed E-state index contributed by atoms with van der Waals surface area (Å²) in [6.07, 6.45) is 3.08. The molecule has 1 rings (SSSR count). The topological polar surface area (TPSA) is 38.9 Å².